The summed E-state index contributed by atoms with van der Waals surface area (Å²) in [6, 6.07) is 6.58. The van der Waals surface area contributed by atoms with Crippen molar-refractivity contribution in [2.45, 2.75) is 53.5 Å². The van der Waals surface area contributed by atoms with Crippen LogP contribution in [0.1, 0.15) is 58.3 Å². The van der Waals surface area contributed by atoms with Crippen LogP contribution in [-0.2, 0) is 14.3 Å². The number of carbonyl (C=O) groups excluding carboxylic acids is 3. The Kier molecular flexibility index (Phi) is 8.47. The number of rotatable bonds is 9. The van der Waals surface area contributed by atoms with Gasteiger partial charge in [0.25, 0.3) is 11.8 Å². The first-order chi connectivity index (χ1) is 12.9. The van der Waals surface area contributed by atoms with Gasteiger partial charge in [-0.1, -0.05) is 20.8 Å². The molecule has 0 spiro atoms. The molecule has 0 aromatic heterocycles. The van der Waals surface area contributed by atoms with E-state index in [0.717, 1.165) is 6.42 Å². The molecule has 7 heteroatoms. The molecular weight excluding hydrogens is 360 g/mol. The van der Waals surface area contributed by atoms with Gasteiger partial charge in [0.15, 0.2) is 6.61 Å². The molecule has 2 amide bonds. The summed E-state index contributed by atoms with van der Waals surface area (Å²) in [7, 11) is 0. The Morgan fingerprint density at radius 3 is 2.14 bits per heavy atom. The van der Waals surface area contributed by atoms with E-state index in [0.29, 0.717) is 17.9 Å². The molecule has 0 aliphatic carbocycles. The molecule has 0 fully saturated rings. The van der Waals surface area contributed by atoms with Gasteiger partial charge in [0.05, 0.1) is 6.61 Å². The monoisotopic (exact) mass is 392 g/mol. The molecule has 0 unspecified atom stereocenters. The molecule has 0 bridgehead atoms. The standard InChI is InChI=1S/C21H32N2O5/c1-7-27-16-10-8-15(9-11-16)19(26)22-12-18(25)28-13-17(24)23-21(5,6)14-20(2,3)4/h8-11H,7,12-14H2,1-6H3,(H,22,26)(H,23,24). The Morgan fingerprint density at radius 2 is 1.61 bits per heavy atom. The van der Waals surface area contributed by atoms with Crippen LogP contribution in [0.15, 0.2) is 24.3 Å². The quantitative estimate of drug-likeness (QED) is 0.630. The van der Waals surface area contributed by atoms with E-state index in [-0.39, 0.29) is 24.5 Å². The Hall–Kier alpha value is -2.57. The number of amides is 2. The van der Waals surface area contributed by atoms with Gasteiger partial charge >= 0.3 is 5.97 Å². The zero-order valence-electron chi connectivity index (χ0n) is 17.7. The van der Waals surface area contributed by atoms with Crippen LogP contribution in [0.25, 0.3) is 0 Å². The van der Waals surface area contributed by atoms with Crippen LogP contribution in [0.3, 0.4) is 0 Å². The summed E-state index contributed by atoms with van der Waals surface area (Å²) < 4.78 is 10.2. The van der Waals surface area contributed by atoms with Crippen LogP contribution < -0.4 is 15.4 Å². The van der Waals surface area contributed by atoms with Gasteiger partial charge in [-0.15, -0.1) is 0 Å². The minimum absolute atomic E-state index is 0.0542. The predicted octanol–water partition coefficient (Wildman–Crippen LogP) is 2.69. The zero-order valence-corrected chi connectivity index (χ0v) is 17.7. The van der Waals surface area contributed by atoms with Gasteiger partial charge in [-0.05, 0) is 56.9 Å². The van der Waals surface area contributed by atoms with Crippen LogP contribution in [0.4, 0.5) is 0 Å². The second kappa shape index (κ2) is 10.1. The average molecular weight is 392 g/mol. The van der Waals surface area contributed by atoms with Crippen LogP contribution in [0.2, 0.25) is 0 Å². The van der Waals surface area contributed by atoms with Gasteiger partial charge in [0.1, 0.15) is 12.3 Å². The van der Waals surface area contributed by atoms with Gasteiger partial charge < -0.3 is 20.1 Å². The largest absolute Gasteiger partial charge is 0.494 e. The molecule has 1 aromatic rings. The fourth-order valence-corrected chi connectivity index (χ4v) is 3.10. The number of carbonyl (C=O) groups is 3. The van der Waals surface area contributed by atoms with E-state index >= 15 is 0 Å². The number of hydrogen-bond acceptors (Lipinski definition) is 5. The summed E-state index contributed by atoms with van der Waals surface area (Å²) in [6.45, 7) is 11.8. The van der Waals surface area contributed by atoms with Crippen molar-refractivity contribution < 1.29 is 23.9 Å². The third kappa shape index (κ3) is 9.39. The van der Waals surface area contributed by atoms with E-state index in [1.54, 1.807) is 24.3 Å². The van der Waals surface area contributed by atoms with Crippen molar-refractivity contribution >= 4 is 17.8 Å². The lowest BCUT2D eigenvalue weighted by Crippen LogP contribution is -2.47. The Labute approximate surface area is 167 Å². The van der Waals surface area contributed by atoms with Gasteiger partial charge in [-0.25, -0.2) is 0 Å². The molecule has 28 heavy (non-hydrogen) atoms. The van der Waals surface area contributed by atoms with E-state index in [4.69, 9.17) is 9.47 Å². The number of hydrogen-bond donors (Lipinski definition) is 2. The van der Waals surface area contributed by atoms with Crippen LogP contribution >= 0.6 is 0 Å². The normalized spacial score (nSPS) is 11.5. The first-order valence-electron chi connectivity index (χ1n) is 9.39. The second-order valence-electron chi connectivity index (χ2n) is 8.47. The topological polar surface area (TPSA) is 93.7 Å². The maximum atomic E-state index is 12.0. The molecular formula is C21H32N2O5. The minimum Gasteiger partial charge on any atom is -0.494 e. The van der Waals surface area contributed by atoms with Gasteiger partial charge in [-0.3, -0.25) is 14.4 Å². The number of ether oxygens (including phenoxy) is 2. The highest BCUT2D eigenvalue weighted by atomic mass is 16.5. The summed E-state index contributed by atoms with van der Waals surface area (Å²) >= 11 is 0. The maximum absolute atomic E-state index is 12.0. The molecule has 7 nitrogen and oxygen atoms in total. The maximum Gasteiger partial charge on any atom is 0.325 e. The van der Waals surface area contributed by atoms with Gasteiger partial charge in [-0.2, -0.15) is 0 Å². The highest BCUT2D eigenvalue weighted by Gasteiger charge is 2.27. The van der Waals surface area contributed by atoms with Crippen molar-refractivity contribution in [2.24, 2.45) is 5.41 Å². The number of benzene rings is 1. The molecule has 0 saturated carbocycles. The Bertz CT molecular complexity index is 675. The molecule has 1 aromatic carbocycles. The van der Waals surface area contributed by atoms with Crippen molar-refractivity contribution in [1.29, 1.82) is 0 Å². The lowest BCUT2D eigenvalue weighted by molar-refractivity contribution is -0.148. The lowest BCUT2D eigenvalue weighted by Gasteiger charge is -2.33. The molecule has 0 atom stereocenters. The fraction of sp³-hybridized carbons (Fsp3) is 0.571. The third-order valence-electron chi connectivity index (χ3n) is 3.64. The first kappa shape index (κ1) is 23.5. The van der Waals surface area contributed by atoms with Crippen molar-refractivity contribution in [3.8, 4) is 5.75 Å². The molecule has 2 N–H and O–H groups in total. The second-order valence-corrected chi connectivity index (χ2v) is 8.47. The Balaban J connectivity index is 2.38. The van der Waals surface area contributed by atoms with Gasteiger partial charge in [0, 0.05) is 11.1 Å². The molecule has 0 heterocycles. The van der Waals surface area contributed by atoms with Crippen LogP contribution in [-0.4, -0.2) is 43.1 Å². The zero-order chi connectivity index (χ0) is 21.4. The number of nitrogens with one attached hydrogen (secondary N) is 2. The molecule has 0 saturated heterocycles. The predicted molar refractivity (Wildman–Crippen MR) is 107 cm³/mol. The SMILES string of the molecule is CCOc1ccc(C(=O)NCC(=O)OCC(=O)NC(C)(C)CC(C)(C)C)cc1. The molecule has 0 aliphatic heterocycles. The van der Waals surface area contributed by atoms with Crippen molar-refractivity contribution in [3.05, 3.63) is 29.8 Å². The molecule has 1 rings (SSSR count). The van der Waals surface area contributed by atoms with Gasteiger partial charge in [0.2, 0.25) is 0 Å². The van der Waals surface area contributed by atoms with Crippen LogP contribution in [0, 0.1) is 5.41 Å². The van der Waals surface area contributed by atoms with Crippen molar-refractivity contribution in [3.63, 3.8) is 0 Å². The summed E-state index contributed by atoms with van der Waals surface area (Å²) in [5, 5.41) is 5.33. The minimum atomic E-state index is -0.678. The van der Waals surface area contributed by atoms with Crippen LogP contribution in [0.5, 0.6) is 5.75 Å². The highest BCUT2D eigenvalue weighted by Crippen LogP contribution is 2.26. The van der Waals surface area contributed by atoms with Crippen molar-refractivity contribution in [1.82, 2.24) is 10.6 Å². The first-order valence-corrected chi connectivity index (χ1v) is 9.39. The number of esters is 1. The fourth-order valence-electron chi connectivity index (χ4n) is 3.10. The van der Waals surface area contributed by atoms with Crippen molar-refractivity contribution in [2.75, 3.05) is 19.8 Å². The highest BCUT2D eigenvalue weighted by molar-refractivity contribution is 5.96. The molecule has 0 aliphatic rings. The van der Waals surface area contributed by atoms with E-state index in [2.05, 4.69) is 31.4 Å². The Morgan fingerprint density at radius 1 is 1.00 bits per heavy atom. The summed E-state index contributed by atoms with van der Waals surface area (Å²) in [5.41, 5.74) is 0.0419. The third-order valence-corrected chi connectivity index (χ3v) is 3.64. The average Bonchev–Trinajstić information content (AvgIpc) is 2.56. The van der Waals surface area contributed by atoms with E-state index in [1.807, 2.05) is 20.8 Å². The lowest BCUT2D eigenvalue weighted by atomic mass is 9.82. The summed E-state index contributed by atoms with van der Waals surface area (Å²) in [6.07, 6.45) is 0.776. The summed E-state index contributed by atoms with van der Waals surface area (Å²) in [5.74, 6) is -0.793. The molecule has 0 radical (unpaired) electrons. The van der Waals surface area contributed by atoms with E-state index < -0.39 is 17.4 Å². The smallest absolute Gasteiger partial charge is 0.325 e. The molecule has 156 valence electrons. The van der Waals surface area contributed by atoms with E-state index in [1.165, 1.54) is 0 Å². The van der Waals surface area contributed by atoms with E-state index in [9.17, 15) is 14.4 Å². The summed E-state index contributed by atoms with van der Waals surface area (Å²) in [4.78, 5) is 35.8.